The number of aromatic nitrogens is 4. The second kappa shape index (κ2) is 4.29. The van der Waals surface area contributed by atoms with E-state index in [2.05, 4.69) is 21.5 Å². The molecule has 1 aliphatic carbocycles. The molecule has 0 radical (unpaired) electrons. The number of aliphatic hydroxyl groups is 2. The summed E-state index contributed by atoms with van der Waals surface area (Å²) >= 11 is 0. The second-order valence-corrected chi connectivity index (χ2v) is 4.77. The first kappa shape index (κ1) is 12.1. The summed E-state index contributed by atoms with van der Waals surface area (Å²) in [4.78, 5) is 12.2. The van der Waals surface area contributed by atoms with Gasteiger partial charge in [-0.25, -0.2) is 15.0 Å². The molecule has 1 saturated carbocycles. The van der Waals surface area contributed by atoms with Crippen molar-refractivity contribution in [2.75, 3.05) is 5.73 Å². The van der Waals surface area contributed by atoms with Crippen molar-refractivity contribution in [1.29, 1.82) is 0 Å². The summed E-state index contributed by atoms with van der Waals surface area (Å²) in [5, 5.41) is 20.1. The van der Waals surface area contributed by atoms with Crippen LogP contribution in [-0.4, -0.2) is 41.9 Å². The first-order valence-corrected chi connectivity index (χ1v) is 6.05. The van der Waals surface area contributed by atoms with Gasteiger partial charge in [-0.05, 0) is 6.42 Å². The summed E-state index contributed by atoms with van der Waals surface area (Å²) in [5.41, 5.74) is 6.80. The quantitative estimate of drug-likeness (QED) is 0.650. The van der Waals surface area contributed by atoms with Crippen LogP contribution in [0, 0.1) is 5.92 Å². The van der Waals surface area contributed by atoms with Crippen molar-refractivity contribution >= 4 is 17.0 Å². The lowest BCUT2D eigenvalue weighted by Gasteiger charge is -2.18. The molecule has 4 N–H and O–H groups in total. The molecule has 2 heterocycles. The van der Waals surface area contributed by atoms with Gasteiger partial charge < -0.3 is 20.5 Å². The van der Waals surface area contributed by atoms with Crippen molar-refractivity contribution < 1.29 is 10.2 Å². The van der Waals surface area contributed by atoms with Crippen LogP contribution in [0.2, 0.25) is 0 Å². The fourth-order valence-corrected chi connectivity index (χ4v) is 2.67. The number of hydrogen-bond donors (Lipinski definition) is 3. The van der Waals surface area contributed by atoms with E-state index < -0.39 is 12.2 Å². The minimum atomic E-state index is -0.878. The number of nitrogens with zero attached hydrogens (tertiary/aromatic N) is 4. The maximum absolute atomic E-state index is 10.1. The van der Waals surface area contributed by atoms with Crippen LogP contribution >= 0.6 is 0 Å². The van der Waals surface area contributed by atoms with Crippen molar-refractivity contribution in [3.05, 3.63) is 25.3 Å². The maximum Gasteiger partial charge on any atom is 0.165 e. The molecule has 7 nitrogen and oxygen atoms in total. The van der Waals surface area contributed by atoms with Gasteiger partial charge in [0.25, 0.3) is 0 Å². The number of rotatable bonds is 2. The summed E-state index contributed by atoms with van der Waals surface area (Å²) in [7, 11) is 0. The van der Waals surface area contributed by atoms with Crippen molar-refractivity contribution in [3.63, 3.8) is 0 Å². The summed E-state index contributed by atoms with van der Waals surface area (Å²) in [6, 6.07) is -0.294. The average molecular weight is 261 g/mol. The molecule has 100 valence electrons. The van der Waals surface area contributed by atoms with Crippen molar-refractivity contribution in [2.24, 2.45) is 5.92 Å². The van der Waals surface area contributed by atoms with Gasteiger partial charge in [0, 0.05) is 5.92 Å². The van der Waals surface area contributed by atoms with Crippen LogP contribution in [0.15, 0.2) is 25.3 Å². The molecule has 0 amide bonds. The molecular formula is C12H15N5O2. The van der Waals surface area contributed by atoms with E-state index in [-0.39, 0.29) is 12.0 Å². The van der Waals surface area contributed by atoms with Gasteiger partial charge in [-0.1, -0.05) is 6.08 Å². The van der Waals surface area contributed by atoms with E-state index in [4.69, 9.17) is 5.73 Å². The van der Waals surface area contributed by atoms with E-state index in [1.54, 1.807) is 17.0 Å². The minimum Gasteiger partial charge on any atom is -0.390 e. The molecule has 0 spiro atoms. The third-order valence-corrected chi connectivity index (χ3v) is 3.74. The average Bonchev–Trinajstić information content (AvgIpc) is 2.94. The molecule has 1 aliphatic rings. The topological polar surface area (TPSA) is 110 Å². The van der Waals surface area contributed by atoms with Gasteiger partial charge in [-0.2, -0.15) is 0 Å². The lowest BCUT2D eigenvalue weighted by atomic mass is 10.1. The molecule has 0 aliphatic heterocycles. The smallest absolute Gasteiger partial charge is 0.165 e. The number of fused-ring (bicyclic) bond motifs is 1. The third-order valence-electron chi connectivity index (χ3n) is 3.74. The van der Waals surface area contributed by atoms with Gasteiger partial charge in [0.2, 0.25) is 0 Å². The Balaban J connectivity index is 2.06. The number of anilines is 1. The van der Waals surface area contributed by atoms with Crippen molar-refractivity contribution in [2.45, 2.75) is 24.7 Å². The van der Waals surface area contributed by atoms with E-state index in [9.17, 15) is 10.2 Å². The van der Waals surface area contributed by atoms with Gasteiger partial charge in [0.15, 0.2) is 11.5 Å². The summed E-state index contributed by atoms with van der Waals surface area (Å²) in [5.74, 6) is 0.161. The Bertz CT molecular complexity index is 626. The van der Waals surface area contributed by atoms with Crippen LogP contribution in [0.1, 0.15) is 12.5 Å². The van der Waals surface area contributed by atoms with Gasteiger partial charge in [0.1, 0.15) is 17.9 Å². The lowest BCUT2D eigenvalue weighted by Crippen LogP contribution is -2.28. The zero-order valence-corrected chi connectivity index (χ0v) is 10.2. The van der Waals surface area contributed by atoms with E-state index >= 15 is 0 Å². The van der Waals surface area contributed by atoms with E-state index in [1.165, 1.54) is 6.33 Å². The van der Waals surface area contributed by atoms with Crippen LogP contribution in [-0.2, 0) is 0 Å². The predicted molar refractivity (Wildman–Crippen MR) is 69.1 cm³/mol. The fraction of sp³-hybridized carbons (Fsp3) is 0.417. The van der Waals surface area contributed by atoms with Crippen LogP contribution in [0.5, 0.6) is 0 Å². The Kier molecular flexibility index (Phi) is 2.72. The molecule has 4 atom stereocenters. The highest BCUT2D eigenvalue weighted by Gasteiger charge is 2.41. The zero-order valence-electron chi connectivity index (χ0n) is 10.2. The lowest BCUT2D eigenvalue weighted by molar-refractivity contribution is 0.0138. The van der Waals surface area contributed by atoms with E-state index in [0.29, 0.717) is 23.4 Å². The monoisotopic (exact) mass is 261 g/mol. The standard InChI is InChI=1S/C12H15N5O2/c1-2-6-3-7(10(19)9(6)18)17-5-16-8-11(13)14-4-15-12(8)17/h2,4-7,9-10,18-19H,1,3H2,(H2,13,14,15)/t6-,7+,9+,10-/m0/s1. The number of nitrogen functional groups attached to an aromatic ring is 1. The normalized spacial score (nSPS) is 30.8. The van der Waals surface area contributed by atoms with Crippen molar-refractivity contribution in [3.8, 4) is 0 Å². The Morgan fingerprint density at radius 3 is 2.79 bits per heavy atom. The Morgan fingerprint density at radius 2 is 2.11 bits per heavy atom. The highest BCUT2D eigenvalue weighted by atomic mass is 16.3. The zero-order chi connectivity index (χ0) is 13.6. The van der Waals surface area contributed by atoms with Crippen LogP contribution < -0.4 is 5.73 Å². The maximum atomic E-state index is 10.1. The molecule has 0 unspecified atom stereocenters. The molecule has 2 aromatic rings. The molecule has 0 bridgehead atoms. The second-order valence-electron chi connectivity index (χ2n) is 4.77. The molecule has 2 aromatic heterocycles. The van der Waals surface area contributed by atoms with Crippen LogP contribution in [0.3, 0.4) is 0 Å². The Hall–Kier alpha value is -1.99. The molecule has 7 heteroatoms. The molecule has 1 fully saturated rings. The van der Waals surface area contributed by atoms with Gasteiger partial charge in [0.05, 0.1) is 18.5 Å². The SMILES string of the molecule is C=C[C@H]1C[C@@H](n2cnc3c(N)ncnc32)[C@H](O)[C@@H]1O. The summed E-state index contributed by atoms with van der Waals surface area (Å²) in [6.07, 6.45) is 3.48. The summed E-state index contributed by atoms with van der Waals surface area (Å²) in [6.45, 7) is 3.68. The number of aliphatic hydroxyl groups excluding tert-OH is 2. The largest absolute Gasteiger partial charge is 0.390 e. The molecule has 3 rings (SSSR count). The van der Waals surface area contributed by atoms with Gasteiger partial charge >= 0.3 is 0 Å². The van der Waals surface area contributed by atoms with E-state index in [1.807, 2.05) is 0 Å². The highest BCUT2D eigenvalue weighted by molar-refractivity contribution is 5.81. The molecule has 0 saturated heterocycles. The first-order valence-electron chi connectivity index (χ1n) is 6.05. The third kappa shape index (κ3) is 1.70. The van der Waals surface area contributed by atoms with Crippen LogP contribution in [0.25, 0.3) is 11.2 Å². The highest BCUT2D eigenvalue weighted by Crippen LogP contribution is 2.37. The predicted octanol–water partition coefficient (Wildman–Crippen LogP) is -0.123. The van der Waals surface area contributed by atoms with Crippen LogP contribution in [0.4, 0.5) is 5.82 Å². The molecule has 0 aromatic carbocycles. The van der Waals surface area contributed by atoms with E-state index in [0.717, 1.165) is 0 Å². The fourth-order valence-electron chi connectivity index (χ4n) is 2.67. The van der Waals surface area contributed by atoms with Crippen molar-refractivity contribution in [1.82, 2.24) is 19.5 Å². The molecular weight excluding hydrogens is 246 g/mol. The first-order chi connectivity index (χ1) is 9.13. The summed E-state index contributed by atoms with van der Waals surface area (Å²) < 4.78 is 1.74. The Labute approximate surface area is 109 Å². The number of hydrogen-bond acceptors (Lipinski definition) is 6. The number of nitrogens with two attached hydrogens (primary N) is 1. The van der Waals surface area contributed by atoms with Gasteiger partial charge in [-0.15, -0.1) is 6.58 Å². The number of imidazole rings is 1. The minimum absolute atomic E-state index is 0.142. The van der Waals surface area contributed by atoms with Gasteiger partial charge in [-0.3, -0.25) is 0 Å². The molecule has 19 heavy (non-hydrogen) atoms. The Morgan fingerprint density at radius 1 is 1.32 bits per heavy atom.